The van der Waals surface area contributed by atoms with E-state index in [1.807, 2.05) is 18.2 Å². The number of nitrogens with zero attached hydrogens (tertiary/aromatic N) is 2. The number of rotatable bonds is 1. The van der Waals surface area contributed by atoms with Crippen LogP contribution in [0.1, 0.15) is 25.3 Å². The molecule has 0 bridgehead atoms. The summed E-state index contributed by atoms with van der Waals surface area (Å²) in [5.74, 6) is 0. The Morgan fingerprint density at radius 1 is 1.48 bits per heavy atom. The number of morpholine rings is 1. The molecule has 0 N–H and O–H groups in total. The minimum Gasteiger partial charge on any atom is -0.378 e. The molecule has 2 aliphatic heterocycles. The third kappa shape index (κ3) is 2.87. The zero-order chi connectivity index (χ0) is 14.9. The lowest BCUT2D eigenvalue weighted by Gasteiger charge is -2.48. The first kappa shape index (κ1) is 14.6. The molecule has 5 heteroatoms. The molecule has 0 saturated carbocycles. The summed E-state index contributed by atoms with van der Waals surface area (Å²) in [7, 11) is 0. The Labute approximate surface area is 130 Å². The van der Waals surface area contributed by atoms with Crippen molar-refractivity contribution in [2.24, 2.45) is 0 Å². The van der Waals surface area contributed by atoms with Crippen molar-refractivity contribution in [3.8, 4) is 6.07 Å². The number of nitriles is 1. The Morgan fingerprint density at radius 3 is 3.05 bits per heavy atom. The molecular formula is C16H19ClN2O2. The van der Waals surface area contributed by atoms with Gasteiger partial charge in [0.2, 0.25) is 0 Å². The molecule has 3 rings (SSSR count). The Morgan fingerprint density at radius 2 is 2.33 bits per heavy atom. The molecule has 21 heavy (non-hydrogen) atoms. The number of anilines is 1. The molecule has 0 amide bonds. The summed E-state index contributed by atoms with van der Waals surface area (Å²) >= 11 is 6.35. The predicted molar refractivity (Wildman–Crippen MR) is 81.7 cm³/mol. The molecule has 0 radical (unpaired) electrons. The van der Waals surface area contributed by atoms with E-state index >= 15 is 0 Å². The molecule has 2 saturated heterocycles. The summed E-state index contributed by atoms with van der Waals surface area (Å²) in [6.45, 7) is 4.93. The first-order chi connectivity index (χ1) is 10.1. The van der Waals surface area contributed by atoms with Crippen LogP contribution >= 0.6 is 11.6 Å². The van der Waals surface area contributed by atoms with Gasteiger partial charge in [-0.2, -0.15) is 5.26 Å². The van der Waals surface area contributed by atoms with Crippen LogP contribution < -0.4 is 4.90 Å². The van der Waals surface area contributed by atoms with Crippen LogP contribution in [0, 0.1) is 11.3 Å². The minimum absolute atomic E-state index is 0.0864. The minimum atomic E-state index is -0.276. The second-order valence-electron chi connectivity index (χ2n) is 5.90. The standard InChI is InChI=1S/C16H19ClN2O2/c1-12-9-19(10-16(21-12)6-3-7-20-11-16)15-13(8-18)4-2-5-14(15)17/h2,4-5,12H,3,6-7,9-11H2,1H3/t12-,16+/m1/s1. The second-order valence-corrected chi connectivity index (χ2v) is 6.30. The molecule has 2 aliphatic rings. The van der Waals surface area contributed by atoms with Gasteiger partial charge in [-0.15, -0.1) is 0 Å². The number of ether oxygens (including phenoxy) is 2. The number of benzene rings is 1. The summed E-state index contributed by atoms with van der Waals surface area (Å²) in [5, 5.41) is 9.97. The molecule has 2 heterocycles. The number of hydrogen-bond donors (Lipinski definition) is 0. The average Bonchev–Trinajstić information content (AvgIpc) is 2.46. The van der Waals surface area contributed by atoms with Crippen LogP contribution in [0.15, 0.2) is 18.2 Å². The van der Waals surface area contributed by atoms with Gasteiger partial charge in [0, 0.05) is 19.7 Å². The van der Waals surface area contributed by atoms with Gasteiger partial charge in [-0.1, -0.05) is 17.7 Å². The first-order valence-corrected chi connectivity index (χ1v) is 7.70. The van der Waals surface area contributed by atoms with Gasteiger partial charge in [0.05, 0.1) is 29.0 Å². The molecule has 1 spiro atoms. The lowest BCUT2D eigenvalue weighted by Crippen LogP contribution is -2.58. The molecule has 112 valence electrons. The van der Waals surface area contributed by atoms with Crippen LogP contribution in [0.5, 0.6) is 0 Å². The molecule has 1 aromatic carbocycles. The summed E-state index contributed by atoms with van der Waals surface area (Å²) in [6, 6.07) is 7.70. The fourth-order valence-electron chi connectivity index (χ4n) is 3.37. The topological polar surface area (TPSA) is 45.5 Å². The van der Waals surface area contributed by atoms with Crippen LogP contribution in [0.25, 0.3) is 0 Å². The van der Waals surface area contributed by atoms with Crippen molar-refractivity contribution >= 4 is 17.3 Å². The predicted octanol–water partition coefficient (Wildman–Crippen LogP) is 2.99. The summed E-state index contributed by atoms with van der Waals surface area (Å²) < 4.78 is 11.8. The van der Waals surface area contributed by atoms with E-state index in [0.717, 1.165) is 38.2 Å². The highest BCUT2D eigenvalue weighted by molar-refractivity contribution is 6.33. The highest BCUT2D eigenvalue weighted by Crippen LogP contribution is 2.36. The van der Waals surface area contributed by atoms with E-state index in [0.29, 0.717) is 17.2 Å². The van der Waals surface area contributed by atoms with Crippen molar-refractivity contribution in [3.05, 3.63) is 28.8 Å². The van der Waals surface area contributed by atoms with E-state index in [9.17, 15) is 5.26 Å². The van der Waals surface area contributed by atoms with E-state index in [1.165, 1.54) is 0 Å². The Kier molecular flexibility index (Phi) is 4.08. The van der Waals surface area contributed by atoms with Crippen molar-refractivity contribution < 1.29 is 9.47 Å². The van der Waals surface area contributed by atoms with Crippen LogP contribution in [0.2, 0.25) is 5.02 Å². The first-order valence-electron chi connectivity index (χ1n) is 7.33. The quantitative estimate of drug-likeness (QED) is 0.800. The van der Waals surface area contributed by atoms with Crippen molar-refractivity contribution in [2.75, 3.05) is 31.2 Å². The van der Waals surface area contributed by atoms with Crippen LogP contribution in [-0.2, 0) is 9.47 Å². The monoisotopic (exact) mass is 306 g/mol. The number of para-hydroxylation sites is 1. The Hall–Kier alpha value is -1.28. The van der Waals surface area contributed by atoms with Crippen LogP contribution in [-0.4, -0.2) is 38.0 Å². The maximum atomic E-state index is 9.35. The van der Waals surface area contributed by atoms with Gasteiger partial charge in [-0.3, -0.25) is 0 Å². The van der Waals surface area contributed by atoms with Gasteiger partial charge < -0.3 is 14.4 Å². The molecule has 1 aromatic rings. The number of hydrogen-bond acceptors (Lipinski definition) is 4. The fraction of sp³-hybridized carbons (Fsp3) is 0.562. The van der Waals surface area contributed by atoms with Crippen molar-refractivity contribution in [1.82, 2.24) is 0 Å². The maximum Gasteiger partial charge on any atom is 0.109 e. The van der Waals surface area contributed by atoms with Crippen molar-refractivity contribution in [2.45, 2.75) is 31.5 Å². The van der Waals surface area contributed by atoms with E-state index in [4.69, 9.17) is 21.1 Å². The van der Waals surface area contributed by atoms with E-state index < -0.39 is 0 Å². The van der Waals surface area contributed by atoms with E-state index in [2.05, 4.69) is 17.9 Å². The Balaban J connectivity index is 1.93. The maximum absolute atomic E-state index is 9.35. The molecule has 0 aliphatic carbocycles. The van der Waals surface area contributed by atoms with E-state index in [-0.39, 0.29) is 11.7 Å². The molecule has 2 fully saturated rings. The largest absolute Gasteiger partial charge is 0.378 e. The molecule has 0 aromatic heterocycles. The van der Waals surface area contributed by atoms with Gasteiger partial charge in [0.15, 0.2) is 0 Å². The smallest absolute Gasteiger partial charge is 0.109 e. The number of halogens is 1. The molecule has 0 unspecified atom stereocenters. The lowest BCUT2D eigenvalue weighted by molar-refractivity contribution is -0.160. The lowest BCUT2D eigenvalue weighted by atomic mass is 9.92. The molecule has 4 nitrogen and oxygen atoms in total. The zero-order valence-corrected chi connectivity index (χ0v) is 12.9. The highest BCUT2D eigenvalue weighted by atomic mass is 35.5. The van der Waals surface area contributed by atoms with Gasteiger partial charge >= 0.3 is 0 Å². The SMILES string of the molecule is C[C@@H]1CN(c2c(Cl)cccc2C#N)C[C@]2(CCCOC2)O1. The van der Waals surface area contributed by atoms with Crippen molar-refractivity contribution in [3.63, 3.8) is 0 Å². The normalized spacial score (nSPS) is 29.4. The van der Waals surface area contributed by atoms with Gasteiger partial charge in [-0.05, 0) is 31.9 Å². The summed E-state index contributed by atoms with van der Waals surface area (Å²) in [5.41, 5.74) is 1.16. The van der Waals surface area contributed by atoms with Gasteiger partial charge in [-0.25, -0.2) is 0 Å². The summed E-state index contributed by atoms with van der Waals surface area (Å²) in [6.07, 6.45) is 2.08. The van der Waals surface area contributed by atoms with Gasteiger partial charge in [0.1, 0.15) is 11.7 Å². The Bertz CT molecular complexity index is 564. The molecular weight excluding hydrogens is 288 g/mol. The third-order valence-corrected chi connectivity index (χ3v) is 4.42. The zero-order valence-electron chi connectivity index (χ0n) is 12.1. The third-order valence-electron chi connectivity index (χ3n) is 4.12. The van der Waals surface area contributed by atoms with Crippen molar-refractivity contribution in [1.29, 1.82) is 5.26 Å². The second kappa shape index (κ2) is 5.84. The molecule has 2 atom stereocenters. The average molecular weight is 307 g/mol. The summed E-state index contributed by atoms with van der Waals surface area (Å²) in [4.78, 5) is 2.18. The van der Waals surface area contributed by atoms with E-state index in [1.54, 1.807) is 0 Å². The van der Waals surface area contributed by atoms with Crippen LogP contribution in [0.3, 0.4) is 0 Å². The highest BCUT2D eigenvalue weighted by Gasteiger charge is 2.42. The van der Waals surface area contributed by atoms with Crippen LogP contribution in [0.4, 0.5) is 5.69 Å². The fourth-order valence-corrected chi connectivity index (χ4v) is 3.66. The van der Waals surface area contributed by atoms with Gasteiger partial charge in [0.25, 0.3) is 0 Å².